The summed E-state index contributed by atoms with van der Waals surface area (Å²) in [5, 5.41) is 3.43. The van der Waals surface area contributed by atoms with Crippen LogP contribution in [0.1, 0.15) is 52.1 Å². The monoisotopic (exact) mass is 686 g/mol. The fourth-order valence-electron chi connectivity index (χ4n) is 6.47. The van der Waals surface area contributed by atoms with E-state index in [0.29, 0.717) is 41.4 Å². The van der Waals surface area contributed by atoms with Gasteiger partial charge in [0.25, 0.3) is 0 Å². The van der Waals surface area contributed by atoms with Crippen molar-refractivity contribution in [3.05, 3.63) is 76.2 Å². The van der Waals surface area contributed by atoms with Gasteiger partial charge in [0.2, 0.25) is 11.8 Å². The first-order chi connectivity index (χ1) is 23.3. The Bertz CT molecular complexity index is 2020. The van der Waals surface area contributed by atoms with Gasteiger partial charge in [-0.05, 0) is 62.9 Å². The summed E-state index contributed by atoms with van der Waals surface area (Å²) in [4.78, 5) is 59.8. The fourth-order valence-corrected chi connectivity index (χ4v) is 6.71. The molecule has 2 atom stereocenters. The molecule has 1 N–H and O–H groups in total. The number of halogens is 2. The molecule has 4 heterocycles. The zero-order chi connectivity index (χ0) is 35.3. The van der Waals surface area contributed by atoms with E-state index in [9.17, 15) is 14.4 Å². The highest BCUT2D eigenvalue weighted by molar-refractivity contribution is 6.34. The second kappa shape index (κ2) is 13.2. The van der Waals surface area contributed by atoms with Gasteiger partial charge in [0.15, 0.2) is 5.65 Å². The number of nitrogens with zero attached hydrogens (tertiary/aromatic N) is 7. The van der Waals surface area contributed by atoms with E-state index in [0.717, 1.165) is 12.8 Å². The SMILES string of the molecule is C=CC(=O)N1C[C@H](C)N(c2nc(=O)n(-c3c(N(C)C)ccnc3C(C)C)c3nc(-c4c(F)cccc4NC(=O)C4CC4)c(Cl)cc23)C[C@H]1C. The van der Waals surface area contributed by atoms with Gasteiger partial charge in [-0.2, -0.15) is 4.98 Å². The Balaban J connectivity index is 1.66. The molecule has 6 rings (SSSR count). The van der Waals surface area contributed by atoms with Gasteiger partial charge in [0, 0.05) is 51.4 Å². The Kier molecular flexibility index (Phi) is 9.19. The molecule has 1 aliphatic carbocycles. The minimum Gasteiger partial charge on any atom is -0.376 e. The van der Waals surface area contributed by atoms with Crippen molar-refractivity contribution in [2.75, 3.05) is 42.3 Å². The Morgan fingerprint density at radius 1 is 1.12 bits per heavy atom. The first kappa shape index (κ1) is 34.0. The third-order valence-electron chi connectivity index (χ3n) is 9.16. The minimum atomic E-state index is -0.630. The van der Waals surface area contributed by atoms with Crippen LogP contribution >= 0.6 is 11.6 Å². The van der Waals surface area contributed by atoms with Gasteiger partial charge >= 0.3 is 5.69 Å². The van der Waals surface area contributed by atoms with Gasteiger partial charge in [-0.25, -0.2) is 18.7 Å². The van der Waals surface area contributed by atoms with E-state index in [1.54, 1.807) is 23.2 Å². The molecule has 0 bridgehead atoms. The molecule has 3 aromatic heterocycles. The van der Waals surface area contributed by atoms with Crippen LogP contribution < -0.4 is 20.8 Å². The Hall–Kier alpha value is -4.84. The molecule has 1 aliphatic heterocycles. The second-order valence-corrected chi connectivity index (χ2v) is 13.7. The molecule has 49 heavy (non-hydrogen) atoms. The number of pyridine rings is 2. The molecule has 13 heteroatoms. The average molecular weight is 687 g/mol. The molecule has 11 nitrogen and oxygen atoms in total. The van der Waals surface area contributed by atoms with Crippen LogP contribution in [0.2, 0.25) is 5.02 Å². The van der Waals surface area contributed by atoms with E-state index in [2.05, 4.69) is 21.9 Å². The Morgan fingerprint density at radius 2 is 1.86 bits per heavy atom. The van der Waals surface area contributed by atoms with Crippen molar-refractivity contribution in [2.45, 2.75) is 58.5 Å². The third kappa shape index (κ3) is 6.25. The summed E-state index contributed by atoms with van der Waals surface area (Å²) < 4.78 is 17.2. The van der Waals surface area contributed by atoms with Gasteiger partial charge < -0.3 is 20.0 Å². The molecule has 2 aliphatic rings. The van der Waals surface area contributed by atoms with Crippen LogP contribution in [-0.4, -0.2) is 75.5 Å². The summed E-state index contributed by atoms with van der Waals surface area (Å²) in [6, 6.07) is 7.42. The average Bonchev–Trinajstić information content (AvgIpc) is 3.91. The van der Waals surface area contributed by atoms with E-state index in [4.69, 9.17) is 16.6 Å². The molecule has 256 valence electrons. The predicted octanol–water partition coefficient (Wildman–Crippen LogP) is 5.78. The number of carbonyl (C=O) groups is 2. The standard InChI is InChI=1S/C36H40ClFN8O3/c1-8-28(47)44-17-21(5)45(18-20(44)4)33-23-16-24(37)31(29-25(38)10-9-11-26(29)40-35(48)22-12-13-22)41-34(23)46(36(49)42-33)32-27(43(6)7)14-15-39-30(32)19(2)3/h8-11,14-16,19-22H,1,12-13,17-18H2,2-7H3,(H,40,48)/t20-,21+/m1/s1. The Morgan fingerprint density at radius 3 is 2.51 bits per heavy atom. The van der Waals surface area contributed by atoms with Crippen LogP contribution in [-0.2, 0) is 9.59 Å². The van der Waals surface area contributed by atoms with E-state index in [1.807, 2.05) is 57.7 Å². The zero-order valence-corrected chi connectivity index (χ0v) is 29.3. The first-order valence-electron chi connectivity index (χ1n) is 16.4. The number of fused-ring (bicyclic) bond motifs is 1. The van der Waals surface area contributed by atoms with Crippen molar-refractivity contribution in [2.24, 2.45) is 5.92 Å². The highest BCUT2D eigenvalue weighted by Crippen LogP contribution is 2.40. The molecule has 1 aromatic carbocycles. The number of benzene rings is 1. The highest BCUT2D eigenvalue weighted by atomic mass is 35.5. The summed E-state index contributed by atoms with van der Waals surface area (Å²) in [5.41, 5.74) is 1.74. The topological polar surface area (TPSA) is 117 Å². The molecule has 0 radical (unpaired) electrons. The molecule has 2 amide bonds. The Labute approximate surface area is 289 Å². The van der Waals surface area contributed by atoms with Gasteiger partial charge in [0.05, 0.1) is 44.4 Å². The van der Waals surface area contributed by atoms with Crippen LogP contribution in [0.25, 0.3) is 28.0 Å². The van der Waals surface area contributed by atoms with Crippen molar-refractivity contribution >= 4 is 51.6 Å². The summed E-state index contributed by atoms with van der Waals surface area (Å²) in [5.74, 6) is -0.864. The maximum absolute atomic E-state index is 15.8. The number of piperazine rings is 1. The lowest BCUT2D eigenvalue weighted by atomic mass is 10.0. The molecule has 1 saturated carbocycles. The zero-order valence-electron chi connectivity index (χ0n) is 28.5. The highest BCUT2D eigenvalue weighted by Gasteiger charge is 2.35. The molecule has 0 spiro atoms. The predicted molar refractivity (Wildman–Crippen MR) is 191 cm³/mol. The first-order valence-corrected chi connectivity index (χ1v) is 16.8. The number of rotatable bonds is 8. The number of amides is 2. The number of carbonyl (C=O) groups excluding carboxylic acids is 2. The maximum atomic E-state index is 15.8. The van der Waals surface area contributed by atoms with E-state index >= 15 is 4.39 Å². The van der Waals surface area contributed by atoms with Crippen LogP contribution in [0, 0.1) is 11.7 Å². The van der Waals surface area contributed by atoms with Crippen molar-refractivity contribution in [3.8, 4) is 16.9 Å². The molecular weight excluding hydrogens is 647 g/mol. The van der Waals surface area contributed by atoms with Gasteiger partial charge in [0.1, 0.15) is 11.6 Å². The van der Waals surface area contributed by atoms with Crippen LogP contribution in [0.4, 0.5) is 21.6 Å². The van der Waals surface area contributed by atoms with Crippen molar-refractivity contribution < 1.29 is 14.0 Å². The smallest absolute Gasteiger partial charge is 0.355 e. The normalized spacial score (nSPS) is 17.8. The summed E-state index contributed by atoms with van der Waals surface area (Å²) in [6.45, 7) is 12.2. The summed E-state index contributed by atoms with van der Waals surface area (Å²) in [6.07, 6.45) is 4.54. The fraction of sp³-hybridized carbons (Fsp3) is 0.389. The number of hydrogen-bond donors (Lipinski definition) is 1. The number of nitrogens with one attached hydrogen (secondary N) is 1. The summed E-state index contributed by atoms with van der Waals surface area (Å²) in [7, 11) is 3.74. The van der Waals surface area contributed by atoms with Crippen LogP contribution in [0.15, 0.2) is 54.0 Å². The van der Waals surface area contributed by atoms with Crippen LogP contribution in [0.3, 0.4) is 0 Å². The third-order valence-corrected chi connectivity index (χ3v) is 9.45. The van der Waals surface area contributed by atoms with Crippen molar-refractivity contribution in [1.29, 1.82) is 0 Å². The molecule has 1 saturated heterocycles. The van der Waals surface area contributed by atoms with Gasteiger partial charge in [-0.15, -0.1) is 0 Å². The maximum Gasteiger partial charge on any atom is 0.355 e. The number of aromatic nitrogens is 4. The lowest BCUT2D eigenvalue weighted by molar-refractivity contribution is -0.128. The van der Waals surface area contributed by atoms with Crippen molar-refractivity contribution in [3.63, 3.8) is 0 Å². The van der Waals surface area contributed by atoms with Gasteiger partial charge in [-0.1, -0.05) is 38.1 Å². The summed E-state index contributed by atoms with van der Waals surface area (Å²) >= 11 is 6.99. The molecule has 2 fully saturated rings. The quantitative estimate of drug-likeness (QED) is 0.232. The van der Waals surface area contributed by atoms with Crippen molar-refractivity contribution in [1.82, 2.24) is 24.4 Å². The minimum absolute atomic E-state index is 0.0161. The molecular formula is C36H40ClFN8O3. The van der Waals surface area contributed by atoms with E-state index in [-0.39, 0.29) is 63.3 Å². The largest absolute Gasteiger partial charge is 0.376 e. The molecule has 0 unspecified atom stereocenters. The van der Waals surface area contributed by atoms with E-state index in [1.165, 1.54) is 22.8 Å². The molecule has 4 aromatic rings. The van der Waals surface area contributed by atoms with E-state index < -0.39 is 11.5 Å². The second-order valence-electron chi connectivity index (χ2n) is 13.3. The number of anilines is 3. The van der Waals surface area contributed by atoms with Gasteiger partial charge in [-0.3, -0.25) is 14.6 Å². The lowest BCUT2D eigenvalue weighted by Gasteiger charge is -2.44. The van der Waals surface area contributed by atoms with Crippen LogP contribution in [0.5, 0.6) is 0 Å². The number of hydrogen-bond acceptors (Lipinski definition) is 8. The lowest BCUT2D eigenvalue weighted by Crippen LogP contribution is -2.58.